The average molecular weight is 407 g/mol. The highest BCUT2D eigenvalue weighted by atomic mass is 32.2. The number of hydrogen-bond donors (Lipinski definition) is 1. The molecule has 0 saturated heterocycles. The molecular formula is C21H21N5O2S. The van der Waals surface area contributed by atoms with Crippen LogP contribution in [0.25, 0.3) is 0 Å². The van der Waals surface area contributed by atoms with Gasteiger partial charge < -0.3 is 10.1 Å². The van der Waals surface area contributed by atoms with Gasteiger partial charge in [0.1, 0.15) is 17.4 Å². The number of carbonyl (C=O) groups excluding carboxylic acids is 1. The zero-order valence-electron chi connectivity index (χ0n) is 16.3. The number of methoxy groups -OCH3 is 1. The number of amides is 1. The van der Waals surface area contributed by atoms with Crippen LogP contribution in [0.15, 0.2) is 53.8 Å². The van der Waals surface area contributed by atoms with Crippen molar-refractivity contribution < 1.29 is 9.53 Å². The maximum Gasteiger partial charge on any atom is 0.233 e. The summed E-state index contributed by atoms with van der Waals surface area (Å²) in [6, 6.07) is 13.5. The van der Waals surface area contributed by atoms with Crippen molar-refractivity contribution in [3.8, 4) is 5.75 Å². The number of ether oxygens (including phenoxy) is 1. The maximum absolute atomic E-state index is 12.7. The highest BCUT2D eigenvalue weighted by Crippen LogP contribution is 2.34. The fourth-order valence-electron chi connectivity index (χ4n) is 3.19. The minimum Gasteiger partial charge on any atom is -0.497 e. The summed E-state index contributed by atoms with van der Waals surface area (Å²) in [6.45, 7) is 0.991. The van der Waals surface area contributed by atoms with E-state index in [-0.39, 0.29) is 12.3 Å². The standard InChI is InChI=1S/C21H21N5O2S/c1-28-16-8-6-14(7-9-16)12-23-19-17-11-18(27)26(13-15-5-3-4-10-22-15)20(17)25-21(24-19)29-2/h3-10H,11-13H2,1-2H3,(H,23,24,25). The third-order valence-corrected chi connectivity index (χ3v) is 5.25. The average Bonchev–Trinajstić information content (AvgIpc) is 3.08. The normalized spacial score (nSPS) is 12.8. The monoisotopic (exact) mass is 407 g/mol. The lowest BCUT2D eigenvalue weighted by Gasteiger charge is -2.17. The van der Waals surface area contributed by atoms with Gasteiger partial charge in [0.2, 0.25) is 5.91 Å². The lowest BCUT2D eigenvalue weighted by atomic mass is 10.2. The Labute approximate surface area is 173 Å². The van der Waals surface area contributed by atoms with E-state index in [1.54, 1.807) is 18.2 Å². The van der Waals surface area contributed by atoms with Crippen LogP contribution in [-0.2, 0) is 24.3 Å². The predicted octanol–water partition coefficient (Wildman–Crippen LogP) is 3.30. The van der Waals surface area contributed by atoms with Gasteiger partial charge in [-0.1, -0.05) is 30.0 Å². The maximum atomic E-state index is 12.7. The fourth-order valence-corrected chi connectivity index (χ4v) is 3.55. The number of nitrogens with zero attached hydrogens (tertiary/aromatic N) is 4. The summed E-state index contributed by atoms with van der Waals surface area (Å²) < 4.78 is 5.20. The van der Waals surface area contributed by atoms with E-state index in [1.165, 1.54) is 11.8 Å². The van der Waals surface area contributed by atoms with Crippen LogP contribution in [0, 0.1) is 0 Å². The Hall–Kier alpha value is -3.13. The van der Waals surface area contributed by atoms with E-state index < -0.39 is 0 Å². The van der Waals surface area contributed by atoms with Gasteiger partial charge in [-0.05, 0) is 36.1 Å². The molecule has 1 amide bonds. The fraction of sp³-hybridized carbons (Fsp3) is 0.238. The summed E-state index contributed by atoms with van der Waals surface area (Å²) in [6.07, 6.45) is 3.93. The van der Waals surface area contributed by atoms with Gasteiger partial charge in [0.05, 0.1) is 25.8 Å². The quantitative estimate of drug-likeness (QED) is 0.475. The molecule has 0 bridgehead atoms. The number of benzene rings is 1. The molecule has 1 aromatic carbocycles. The smallest absolute Gasteiger partial charge is 0.233 e. The van der Waals surface area contributed by atoms with Gasteiger partial charge in [0, 0.05) is 18.3 Å². The number of thioether (sulfide) groups is 1. The Bertz CT molecular complexity index is 1010. The van der Waals surface area contributed by atoms with Gasteiger partial charge in [-0.15, -0.1) is 0 Å². The Balaban J connectivity index is 1.59. The highest BCUT2D eigenvalue weighted by Gasteiger charge is 2.32. The van der Waals surface area contributed by atoms with E-state index in [1.807, 2.05) is 48.7 Å². The van der Waals surface area contributed by atoms with Gasteiger partial charge in [-0.25, -0.2) is 9.97 Å². The number of anilines is 2. The number of aromatic nitrogens is 3. The van der Waals surface area contributed by atoms with E-state index in [9.17, 15) is 4.79 Å². The summed E-state index contributed by atoms with van der Waals surface area (Å²) in [7, 11) is 1.65. The molecule has 0 saturated carbocycles. The summed E-state index contributed by atoms with van der Waals surface area (Å²) in [5.41, 5.74) is 2.75. The molecule has 1 aliphatic heterocycles. The minimum atomic E-state index is 0.00528. The summed E-state index contributed by atoms with van der Waals surface area (Å²) in [5.74, 6) is 2.19. The lowest BCUT2D eigenvalue weighted by molar-refractivity contribution is -0.117. The van der Waals surface area contributed by atoms with Crippen molar-refractivity contribution in [1.82, 2.24) is 15.0 Å². The molecule has 3 heterocycles. The van der Waals surface area contributed by atoms with Crippen LogP contribution in [0.4, 0.5) is 11.6 Å². The molecule has 0 unspecified atom stereocenters. The molecule has 1 aliphatic rings. The van der Waals surface area contributed by atoms with Crippen molar-refractivity contribution in [2.24, 2.45) is 0 Å². The molecule has 8 heteroatoms. The number of hydrogen-bond acceptors (Lipinski definition) is 7. The SMILES string of the molecule is COc1ccc(CNc2nc(SC)nc3c2CC(=O)N3Cc2ccccn2)cc1. The Morgan fingerprint density at radius 2 is 2.00 bits per heavy atom. The molecule has 2 aromatic heterocycles. The molecule has 0 atom stereocenters. The van der Waals surface area contributed by atoms with Gasteiger partial charge >= 0.3 is 0 Å². The number of nitrogens with one attached hydrogen (secondary N) is 1. The largest absolute Gasteiger partial charge is 0.497 e. The second kappa shape index (κ2) is 8.48. The van der Waals surface area contributed by atoms with Crippen molar-refractivity contribution in [1.29, 1.82) is 0 Å². The van der Waals surface area contributed by atoms with Crippen LogP contribution in [-0.4, -0.2) is 34.2 Å². The van der Waals surface area contributed by atoms with E-state index in [4.69, 9.17) is 4.74 Å². The van der Waals surface area contributed by atoms with E-state index in [0.29, 0.717) is 29.9 Å². The van der Waals surface area contributed by atoms with E-state index >= 15 is 0 Å². The molecule has 29 heavy (non-hydrogen) atoms. The van der Waals surface area contributed by atoms with Crippen molar-refractivity contribution in [3.05, 3.63) is 65.5 Å². The lowest BCUT2D eigenvalue weighted by Crippen LogP contribution is -2.27. The van der Waals surface area contributed by atoms with Gasteiger partial charge in [-0.2, -0.15) is 0 Å². The molecule has 0 fully saturated rings. The molecule has 148 valence electrons. The topological polar surface area (TPSA) is 80.2 Å². The Kier molecular flexibility index (Phi) is 5.62. The summed E-state index contributed by atoms with van der Waals surface area (Å²) >= 11 is 1.45. The zero-order valence-corrected chi connectivity index (χ0v) is 17.1. The molecule has 1 N–H and O–H groups in total. The van der Waals surface area contributed by atoms with Gasteiger partial charge in [0.25, 0.3) is 0 Å². The first-order valence-corrected chi connectivity index (χ1v) is 10.4. The molecule has 0 spiro atoms. The van der Waals surface area contributed by atoms with Crippen LogP contribution in [0.1, 0.15) is 16.8 Å². The number of fused-ring (bicyclic) bond motifs is 1. The molecule has 4 rings (SSSR count). The summed E-state index contributed by atoms with van der Waals surface area (Å²) in [5, 5.41) is 4.01. The molecule has 0 aliphatic carbocycles. The number of pyridine rings is 1. The molecule has 7 nitrogen and oxygen atoms in total. The Morgan fingerprint density at radius 1 is 1.17 bits per heavy atom. The first-order valence-electron chi connectivity index (χ1n) is 9.20. The minimum absolute atomic E-state index is 0.00528. The first-order chi connectivity index (χ1) is 14.2. The Morgan fingerprint density at radius 3 is 2.69 bits per heavy atom. The molecule has 0 radical (unpaired) electrons. The van der Waals surface area contributed by atoms with E-state index in [0.717, 1.165) is 22.6 Å². The van der Waals surface area contributed by atoms with Crippen molar-refractivity contribution in [2.45, 2.75) is 24.7 Å². The number of carbonyl (C=O) groups is 1. The first kappa shape index (κ1) is 19.2. The van der Waals surface area contributed by atoms with Crippen LogP contribution in [0.2, 0.25) is 0 Å². The van der Waals surface area contributed by atoms with Gasteiger partial charge in [0.15, 0.2) is 5.16 Å². The van der Waals surface area contributed by atoms with E-state index in [2.05, 4.69) is 20.3 Å². The second-order valence-electron chi connectivity index (χ2n) is 6.54. The van der Waals surface area contributed by atoms with Gasteiger partial charge in [-0.3, -0.25) is 14.7 Å². The zero-order chi connectivity index (χ0) is 20.2. The van der Waals surface area contributed by atoms with Crippen molar-refractivity contribution in [3.63, 3.8) is 0 Å². The van der Waals surface area contributed by atoms with Crippen molar-refractivity contribution in [2.75, 3.05) is 23.6 Å². The van der Waals surface area contributed by atoms with Crippen LogP contribution in [0.3, 0.4) is 0 Å². The predicted molar refractivity (Wildman–Crippen MR) is 113 cm³/mol. The third-order valence-electron chi connectivity index (χ3n) is 4.70. The van der Waals surface area contributed by atoms with Crippen LogP contribution in [0.5, 0.6) is 5.75 Å². The second-order valence-corrected chi connectivity index (χ2v) is 7.31. The third kappa shape index (κ3) is 4.17. The highest BCUT2D eigenvalue weighted by molar-refractivity contribution is 7.98. The summed E-state index contributed by atoms with van der Waals surface area (Å²) in [4.78, 5) is 28.0. The number of rotatable bonds is 7. The molecular weight excluding hydrogens is 386 g/mol. The van der Waals surface area contributed by atoms with Crippen LogP contribution >= 0.6 is 11.8 Å². The van der Waals surface area contributed by atoms with Crippen molar-refractivity contribution >= 4 is 29.3 Å². The molecule has 3 aromatic rings. The van der Waals surface area contributed by atoms with Crippen LogP contribution < -0.4 is 15.0 Å².